The predicted molar refractivity (Wildman–Crippen MR) is 143 cm³/mol. The Bertz CT molecular complexity index is 1430. The van der Waals surface area contributed by atoms with Gasteiger partial charge in [-0.25, -0.2) is 4.39 Å². The molecule has 37 heavy (non-hydrogen) atoms. The number of amides is 2. The van der Waals surface area contributed by atoms with E-state index in [1.54, 1.807) is 22.3 Å². The molecule has 1 aliphatic carbocycles. The van der Waals surface area contributed by atoms with Gasteiger partial charge in [-0.15, -0.1) is 11.3 Å². The molecule has 2 aliphatic rings. The number of aromatic nitrogens is 2. The van der Waals surface area contributed by atoms with Crippen LogP contribution in [0.5, 0.6) is 0 Å². The highest BCUT2D eigenvalue weighted by atomic mass is 32.1. The van der Waals surface area contributed by atoms with Crippen LogP contribution in [0.15, 0.2) is 60.2 Å². The summed E-state index contributed by atoms with van der Waals surface area (Å²) >= 11 is 1.57. The Morgan fingerprint density at radius 2 is 1.86 bits per heavy atom. The van der Waals surface area contributed by atoms with Crippen LogP contribution in [-0.4, -0.2) is 37.4 Å². The Morgan fingerprint density at radius 3 is 2.57 bits per heavy atom. The van der Waals surface area contributed by atoms with Gasteiger partial charge in [0.1, 0.15) is 17.1 Å². The third kappa shape index (κ3) is 4.17. The number of benzene rings is 1. The summed E-state index contributed by atoms with van der Waals surface area (Å²) in [4.78, 5) is 31.2. The molecule has 2 amide bonds. The van der Waals surface area contributed by atoms with Crippen molar-refractivity contribution in [3.63, 3.8) is 0 Å². The first-order chi connectivity index (χ1) is 18.0. The number of hydrogen-bond acceptors (Lipinski definition) is 3. The molecule has 6 nitrogen and oxygen atoms in total. The molecular weight excluding hydrogens is 487 g/mol. The first-order valence-electron chi connectivity index (χ1n) is 13.1. The van der Waals surface area contributed by atoms with Gasteiger partial charge < -0.3 is 19.4 Å². The van der Waals surface area contributed by atoms with Gasteiger partial charge in [0.25, 0.3) is 5.91 Å². The zero-order chi connectivity index (χ0) is 25.6. The van der Waals surface area contributed by atoms with Crippen LogP contribution in [0.4, 0.5) is 4.39 Å². The van der Waals surface area contributed by atoms with Crippen molar-refractivity contribution in [1.82, 2.24) is 19.4 Å². The van der Waals surface area contributed by atoms with Gasteiger partial charge in [-0.3, -0.25) is 9.59 Å². The van der Waals surface area contributed by atoms with E-state index in [0.29, 0.717) is 29.9 Å². The highest BCUT2D eigenvalue weighted by Crippen LogP contribution is 2.39. The van der Waals surface area contributed by atoms with Gasteiger partial charge >= 0.3 is 0 Å². The lowest BCUT2D eigenvalue weighted by molar-refractivity contribution is -0.134. The number of rotatable bonds is 5. The molecule has 1 atom stereocenters. The lowest BCUT2D eigenvalue weighted by atomic mass is 9.93. The molecule has 1 aliphatic heterocycles. The van der Waals surface area contributed by atoms with E-state index < -0.39 is 5.54 Å². The van der Waals surface area contributed by atoms with Crippen molar-refractivity contribution in [3.8, 4) is 5.69 Å². The Hall–Kier alpha value is -3.39. The topological polar surface area (TPSA) is 59.3 Å². The standard InChI is InChI=1S/C29H31FN4O2S/c1-29(28(36)31-21-9-4-2-3-5-10-21)19-33-24-13-12-20(30)17-23(24)25(32-14-6-7-15-32)26(33)27(35)34(29)18-22-11-8-16-37-22/h6-8,11-17,21H,2-5,9-10,18-19H2,1H3,(H,31,36)/t29-/m0/s1. The summed E-state index contributed by atoms with van der Waals surface area (Å²) < 4.78 is 18.2. The summed E-state index contributed by atoms with van der Waals surface area (Å²) in [5.74, 6) is -0.708. The third-order valence-electron chi connectivity index (χ3n) is 7.94. The van der Waals surface area contributed by atoms with Crippen molar-refractivity contribution in [2.45, 2.75) is 70.1 Å². The second-order valence-electron chi connectivity index (χ2n) is 10.4. The summed E-state index contributed by atoms with van der Waals surface area (Å²) in [7, 11) is 0. The number of halogens is 1. The van der Waals surface area contributed by atoms with Gasteiger partial charge in [0, 0.05) is 28.7 Å². The molecule has 1 aromatic carbocycles. The van der Waals surface area contributed by atoms with E-state index in [1.165, 1.54) is 25.0 Å². The molecule has 4 heterocycles. The van der Waals surface area contributed by atoms with E-state index in [9.17, 15) is 14.0 Å². The molecule has 8 heteroatoms. The van der Waals surface area contributed by atoms with Gasteiger partial charge in [0.2, 0.25) is 5.91 Å². The van der Waals surface area contributed by atoms with Crippen molar-refractivity contribution in [2.75, 3.05) is 0 Å². The van der Waals surface area contributed by atoms with E-state index in [4.69, 9.17) is 0 Å². The normalized spacial score (nSPS) is 20.7. The molecule has 1 fully saturated rings. The molecule has 0 bridgehead atoms. The van der Waals surface area contributed by atoms with Crippen LogP contribution in [0, 0.1) is 5.82 Å². The molecular formula is C29H31FN4O2S. The fourth-order valence-corrected chi connectivity index (χ4v) is 6.64. The number of hydrogen-bond donors (Lipinski definition) is 1. The van der Waals surface area contributed by atoms with Crippen LogP contribution in [0.1, 0.15) is 60.8 Å². The molecule has 0 saturated heterocycles. The van der Waals surface area contributed by atoms with Crippen molar-refractivity contribution in [1.29, 1.82) is 0 Å². The average Bonchev–Trinajstić information content (AvgIpc) is 3.61. The minimum absolute atomic E-state index is 0.123. The van der Waals surface area contributed by atoms with Crippen LogP contribution in [0.2, 0.25) is 0 Å². The van der Waals surface area contributed by atoms with Gasteiger partial charge in [-0.2, -0.15) is 0 Å². The minimum Gasteiger partial charge on any atom is -0.351 e. The van der Waals surface area contributed by atoms with Gasteiger partial charge in [0.15, 0.2) is 0 Å². The first-order valence-corrected chi connectivity index (χ1v) is 13.9. The Morgan fingerprint density at radius 1 is 1.11 bits per heavy atom. The van der Waals surface area contributed by atoms with E-state index in [1.807, 2.05) is 58.1 Å². The second kappa shape index (κ2) is 9.49. The van der Waals surface area contributed by atoms with E-state index in [0.717, 1.165) is 36.1 Å². The summed E-state index contributed by atoms with van der Waals surface area (Å²) in [5.41, 5.74) is 0.770. The Labute approximate surface area is 219 Å². The fourth-order valence-electron chi connectivity index (χ4n) is 5.94. The van der Waals surface area contributed by atoms with Crippen LogP contribution in [0.25, 0.3) is 16.6 Å². The highest BCUT2D eigenvalue weighted by Gasteiger charge is 2.49. The number of nitrogens with one attached hydrogen (secondary N) is 1. The number of carbonyl (C=O) groups excluding carboxylic acids is 2. The maximum Gasteiger partial charge on any atom is 0.273 e. The molecule has 3 aromatic heterocycles. The zero-order valence-corrected chi connectivity index (χ0v) is 21.8. The first kappa shape index (κ1) is 24.0. The maximum atomic E-state index is 14.4. The SMILES string of the molecule is C[C@@]1(C(=O)NC2CCCCCC2)Cn2c(c(-n3cccc3)c3cc(F)ccc32)C(=O)N1Cc1cccs1. The van der Waals surface area contributed by atoms with Crippen molar-refractivity contribution in [2.24, 2.45) is 0 Å². The lowest BCUT2D eigenvalue weighted by Crippen LogP contribution is -2.64. The number of fused-ring (bicyclic) bond motifs is 3. The van der Waals surface area contributed by atoms with Crippen molar-refractivity contribution >= 4 is 34.1 Å². The van der Waals surface area contributed by atoms with Crippen LogP contribution in [-0.2, 0) is 17.9 Å². The molecule has 0 spiro atoms. The smallest absolute Gasteiger partial charge is 0.273 e. The summed E-state index contributed by atoms with van der Waals surface area (Å²) in [5, 5.41) is 5.95. The van der Waals surface area contributed by atoms with Crippen molar-refractivity contribution in [3.05, 3.63) is 76.6 Å². The minimum atomic E-state index is -1.10. The molecule has 0 radical (unpaired) electrons. The maximum absolute atomic E-state index is 14.4. The molecule has 1 N–H and O–H groups in total. The number of thiophene rings is 1. The van der Waals surface area contributed by atoms with Crippen LogP contribution < -0.4 is 5.32 Å². The third-order valence-corrected chi connectivity index (χ3v) is 8.81. The quantitative estimate of drug-likeness (QED) is 0.335. The molecule has 4 aromatic rings. The monoisotopic (exact) mass is 518 g/mol. The van der Waals surface area contributed by atoms with Crippen LogP contribution in [0.3, 0.4) is 0 Å². The molecule has 1 saturated carbocycles. The van der Waals surface area contributed by atoms with Gasteiger partial charge in [0.05, 0.1) is 24.3 Å². The van der Waals surface area contributed by atoms with E-state index in [2.05, 4.69) is 5.32 Å². The summed E-state index contributed by atoms with van der Waals surface area (Å²) in [6.45, 7) is 2.51. The summed E-state index contributed by atoms with van der Waals surface area (Å²) in [6.07, 6.45) is 10.3. The molecule has 192 valence electrons. The molecule has 6 rings (SSSR count). The largest absolute Gasteiger partial charge is 0.351 e. The second-order valence-corrected chi connectivity index (χ2v) is 11.5. The van der Waals surface area contributed by atoms with Gasteiger partial charge in [-0.05, 0) is 61.5 Å². The van der Waals surface area contributed by atoms with Gasteiger partial charge in [-0.1, -0.05) is 31.7 Å². The Balaban J connectivity index is 1.49. The van der Waals surface area contributed by atoms with E-state index >= 15 is 0 Å². The number of nitrogens with zero attached hydrogens (tertiary/aromatic N) is 3. The highest BCUT2D eigenvalue weighted by molar-refractivity contribution is 7.09. The summed E-state index contributed by atoms with van der Waals surface area (Å²) in [6, 6.07) is 12.5. The average molecular weight is 519 g/mol. The lowest BCUT2D eigenvalue weighted by Gasteiger charge is -2.44. The number of carbonyl (C=O) groups is 2. The fraction of sp³-hybridized carbons (Fsp3) is 0.379. The predicted octanol–water partition coefficient (Wildman–Crippen LogP) is 5.89. The van der Waals surface area contributed by atoms with Crippen LogP contribution >= 0.6 is 11.3 Å². The van der Waals surface area contributed by atoms with Crippen molar-refractivity contribution < 1.29 is 14.0 Å². The zero-order valence-electron chi connectivity index (χ0n) is 21.0. The van der Waals surface area contributed by atoms with E-state index in [-0.39, 0.29) is 23.7 Å². The molecule has 0 unspecified atom stereocenters. The Kier molecular flexibility index (Phi) is 6.15.